The van der Waals surface area contributed by atoms with Crippen LogP contribution in [0.2, 0.25) is 5.15 Å². The van der Waals surface area contributed by atoms with Crippen LogP contribution in [0.25, 0.3) is 0 Å². The van der Waals surface area contributed by atoms with Crippen molar-refractivity contribution in [2.45, 2.75) is 26.3 Å². The fraction of sp³-hybridized carbons (Fsp3) is 0.312. The highest BCUT2D eigenvalue weighted by atomic mass is 35.5. The van der Waals surface area contributed by atoms with Gasteiger partial charge in [0.05, 0.1) is 5.69 Å². The Labute approximate surface area is 157 Å². The lowest BCUT2D eigenvalue weighted by Crippen LogP contribution is -2.30. The summed E-state index contributed by atoms with van der Waals surface area (Å²) in [5, 5.41) is 6.47. The lowest BCUT2D eigenvalue weighted by molar-refractivity contribution is -0.274. The number of esters is 1. The summed E-state index contributed by atoms with van der Waals surface area (Å²) in [4.78, 5) is 24.3. The predicted octanol–water partition coefficient (Wildman–Crippen LogP) is 3.46. The van der Waals surface area contributed by atoms with Crippen molar-refractivity contribution >= 4 is 29.2 Å². The molecule has 0 aliphatic rings. The van der Waals surface area contributed by atoms with Crippen molar-refractivity contribution in [3.8, 4) is 5.75 Å². The largest absolute Gasteiger partial charge is 0.573 e. The number of benzene rings is 1. The molecule has 1 amide bonds. The third-order valence-electron chi connectivity index (χ3n) is 3.36. The molecule has 0 aliphatic heterocycles. The number of hydrogen-bond acceptors (Lipinski definition) is 5. The van der Waals surface area contributed by atoms with Crippen LogP contribution in [0.5, 0.6) is 5.75 Å². The number of halogens is 4. The summed E-state index contributed by atoms with van der Waals surface area (Å²) in [7, 11) is 1.55. The Morgan fingerprint density at radius 1 is 1.26 bits per heavy atom. The van der Waals surface area contributed by atoms with Crippen LogP contribution in [0.4, 0.5) is 18.9 Å². The maximum absolute atomic E-state index is 12.2. The maximum Gasteiger partial charge on any atom is 0.573 e. The van der Waals surface area contributed by atoms with Crippen molar-refractivity contribution in [1.29, 1.82) is 0 Å². The number of nitrogens with zero attached hydrogens (tertiary/aromatic N) is 2. The van der Waals surface area contributed by atoms with Gasteiger partial charge in [-0.25, -0.2) is 4.79 Å². The van der Waals surface area contributed by atoms with Crippen LogP contribution >= 0.6 is 11.6 Å². The van der Waals surface area contributed by atoms with Gasteiger partial charge in [0.1, 0.15) is 16.5 Å². The van der Waals surface area contributed by atoms with Gasteiger partial charge < -0.3 is 14.8 Å². The van der Waals surface area contributed by atoms with E-state index in [1.807, 2.05) is 0 Å². The highest BCUT2D eigenvalue weighted by molar-refractivity contribution is 6.32. The van der Waals surface area contributed by atoms with Crippen LogP contribution < -0.4 is 10.1 Å². The number of aryl methyl sites for hydroxylation is 2. The van der Waals surface area contributed by atoms with Gasteiger partial charge in [-0.2, -0.15) is 5.10 Å². The molecule has 11 heteroatoms. The van der Waals surface area contributed by atoms with E-state index < -0.39 is 30.1 Å². The summed E-state index contributed by atoms with van der Waals surface area (Å²) >= 11 is 5.97. The van der Waals surface area contributed by atoms with E-state index >= 15 is 0 Å². The van der Waals surface area contributed by atoms with Crippen LogP contribution in [-0.2, 0) is 16.6 Å². The van der Waals surface area contributed by atoms with E-state index in [1.165, 1.54) is 23.7 Å². The Hall–Kier alpha value is -2.75. The first-order valence-electron chi connectivity index (χ1n) is 7.54. The molecule has 0 fully saturated rings. The van der Waals surface area contributed by atoms with Gasteiger partial charge in [-0.3, -0.25) is 9.48 Å². The number of carbonyl (C=O) groups is 2. The molecule has 0 saturated carbocycles. The molecule has 1 aromatic carbocycles. The number of anilines is 1. The second kappa shape index (κ2) is 7.87. The molecule has 0 radical (unpaired) electrons. The van der Waals surface area contributed by atoms with E-state index in [0.29, 0.717) is 5.69 Å². The third-order valence-corrected chi connectivity index (χ3v) is 3.80. The SMILES string of the molecule is Cc1nn(C)c(Cl)c1C(=O)OC(C)C(=O)Nc1ccc(OC(F)(F)F)cc1. The van der Waals surface area contributed by atoms with E-state index in [2.05, 4.69) is 15.2 Å². The Kier molecular flexibility index (Phi) is 5.99. The first kappa shape index (κ1) is 20.6. The van der Waals surface area contributed by atoms with Crippen molar-refractivity contribution in [1.82, 2.24) is 9.78 Å². The number of aromatic nitrogens is 2. The van der Waals surface area contributed by atoms with Gasteiger partial charge in [0.2, 0.25) is 0 Å². The van der Waals surface area contributed by atoms with Gasteiger partial charge in [0.25, 0.3) is 5.91 Å². The van der Waals surface area contributed by atoms with Crippen LogP contribution in [0.3, 0.4) is 0 Å². The topological polar surface area (TPSA) is 82.5 Å². The van der Waals surface area contributed by atoms with Gasteiger partial charge in [0, 0.05) is 12.7 Å². The van der Waals surface area contributed by atoms with Crippen molar-refractivity contribution in [2.75, 3.05) is 5.32 Å². The minimum absolute atomic E-state index is 0.0486. The molecule has 1 aromatic heterocycles. The van der Waals surface area contributed by atoms with Crippen molar-refractivity contribution in [3.05, 3.63) is 40.7 Å². The standard InChI is InChI=1S/C16H15ClF3N3O4/c1-8-12(13(17)23(3)22-8)15(25)26-9(2)14(24)21-10-4-6-11(7-5-10)27-16(18,19)20/h4-7,9H,1-3H3,(H,21,24). The van der Waals surface area contributed by atoms with Crippen LogP contribution in [0, 0.1) is 6.92 Å². The van der Waals surface area contributed by atoms with Crippen LogP contribution in [0.15, 0.2) is 24.3 Å². The minimum Gasteiger partial charge on any atom is -0.449 e. The van der Waals surface area contributed by atoms with Crippen molar-refractivity contribution in [2.24, 2.45) is 7.05 Å². The molecule has 1 N–H and O–H groups in total. The molecule has 0 bridgehead atoms. The first-order valence-corrected chi connectivity index (χ1v) is 7.92. The van der Waals surface area contributed by atoms with Crippen LogP contribution in [0.1, 0.15) is 23.0 Å². The number of carbonyl (C=O) groups excluding carboxylic acids is 2. The molecule has 2 rings (SSSR count). The van der Waals surface area contributed by atoms with Gasteiger partial charge >= 0.3 is 12.3 Å². The van der Waals surface area contributed by atoms with E-state index in [9.17, 15) is 22.8 Å². The molecule has 7 nitrogen and oxygen atoms in total. The minimum atomic E-state index is -4.81. The second-order valence-electron chi connectivity index (χ2n) is 5.48. The molecule has 27 heavy (non-hydrogen) atoms. The zero-order valence-corrected chi connectivity index (χ0v) is 15.2. The van der Waals surface area contributed by atoms with Crippen LogP contribution in [-0.4, -0.2) is 34.1 Å². The number of nitrogens with one attached hydrogen (secondary N) is 1. The van der Waals surface area contributed by atoms with Gasteiger partial charge in [0.15, 0.2) is 6.10 Å². The monoisotopic (exact) mass is 405 g/mol. The molecule has 0 saturated heterocycles. The predicted molar refractivity (Wildman–Crippen MR) is 89.6 cm³/mol. The van der Waals surface area contributed by atoms with Gasteiger partial charge in [-0.15, -0.1) is 13.2 Å². The number of ether oxygens (including phenoxy) is 2. The number of amides is 1. The lowest BCUT2D eigenvalue weighted by Gasteiger charge is -2.14. The zero-order valence-electron chi connectivity index (χ0n) is 14.4. The molecule has 0 aliphatic carbocycles. The first-order chi connectivity index (χ1) is 12.5. The van der Waals surface area contributed by atoms with E-state index in [-0.39, 0.29) is 16.4 Å². The molecular weight excluding hydrogens is 391 g/mol. The Morgan fingerprint density at radius 3 is 2.33 bits per heavy atom. The summed E-state index contributed by atoms with van der Waals surface area (Å²) < 4.78 is 46.5. The number of alkyl halides is 3. The molecule has 1 atom stereocenters. The summed E-state index contributed by atoms with van der Waals surface area (Å²) in [5.74, 6) is -1.92. The molecule has 0 spiro atoms. The summed E-state index contributed by atoms with van der Waals surface area (Å²) in [6.07, 6.45) is -5.99. The fourth-order valence-corrected chi connectivity index (χ4v) is 2.37. The average Bonchev–Trinajstić information content (AvgIpc) is 2.80. The maximum atomic E-state index is 12.2. The number of rotatable bonds is 5. The van der Waals surface area contributed by atoms with Gasteiger partial charge in [-0.1, -0.05) is 11.6 Å². The quantitative estimate of drug-likeness (QED) is 0.770. The smallest absolute Gasteiger partial charge is 0.449 e. The van der Waals surface area contributed by atoms with E-state index in [1.54, 1.807) is 14.0 Å². The summed E-state index contributed by atoms with van der Waals surface area (Å²) in [5.41, 5.74) is 0.598. The normalized spacial score (nSPS) is 12.4. The highest BCUT2D eigenvalue weighted by Gasteiger charge is 2.31. The average molecular weight is 406 g/mol. The Balaban J connectivity index is 1.98. The molecular formula is C16H15ClF3N3O4. The molecule has 1 unspecified atom stereocenters. The van der Waals surface area contributed by atoms with Crippen molar-refractivity contribution in [3.63, 3.8) is 0 Å². The summed E-state index contributed by atoms with van der Waals surface area (Å²) in [6.45, 7) is 2.91. The molecule has 1 heterocycles. The zero-order chi connectivity index (χ0) is 20.4. The highest BCUT2D eigenvalue weighted by Crippen LogP contribution is 2.24. The Bertz CT molecular complexity index is 850. The summed E-state index contributed by atoms with van der Waals surface area (Å²) in [6, 6.07) is 4.52. The van der Waals surface area contributed by atoms with E-state index in [0.717, 1.165) is 12.1 Å². The Morgan fingerprint density at radius 2 is 1.85 bits per heavy atom. The van der Waals surface area contributed by atoms with Crippen molar-refractivity contribution < 1.29 is 32.2 Å². The molecule has 146 valence electrons. The number of hydrogen-bond donors (Lipinski definition) is 1. The molecule has 2 aromatic rings. The van der Waals surface area contributed by atoms with Gasteiger partial charge in [-0.05, 0) is 38.1 Å². The van der Waals surface area contributed by atoms with E-state index in [4.69, 9.17) is 16.3 Å². The lowest BCUT2D eigenvalue weighted by atomic mass is 10.2. The second-order valence-corrected chi connectivity index (χ2v) is 5.84. The fourth-order valence-electron chi connectivity index (χ4n) is 2.12. The third kappa shape index (κ3) is 5.36.